The van der Waals surface area contributed by atoms with Gasteiger partial charge in [-0.05, 0) is 24.2 Å². The third kappa shape index (κ3) is 1.19. The van der Waals surface area contributed by atoms with Crippen molar-refractivity contribution in [3.05, 3.63) is 12.2 Å². The fourth-order valence-corrected chi connectivity index (χ4v) is 2.76. The van der Waals surface area contributed by atoms with Gasteiger partial charge in [0, 0.05) is 13.0 Å². The lowest BCUT2D eigenvalue weighted by molar-refractivity contribution is -0.141. The van der Waals surface area contributed by atoms with Gasteiger partial charge in [0.15, 0.2) is 0 Å². The number of fused-ring (bicyclic) bond motifs is 2. The minimum absolute atomic E-state index is 0.0237. The minimum Gasteiger partial charge on any atom is -0.288 e. The molecule has 2 amide bonds. The third-order valence-electron chi connectivity index (χ3n) is 3.64. The van der Waals surface area contributed by atoms with Crippen molar-refractivity contribution in [2.24, 2.45) is 23.7 Å². The first-order valence-electron chi connectivity index (χ1n) is 5.05. The molecule has 0 aromatic carbocycles. The van der Waals surface area contributed by atoms with Crippen molar-refractivity contribution in [1.29, 1.82) is 0 Å². The van der Waals surface area contributed by atoms with Crippen LogP contribution in [-0.2, 0) is 9.59 Å². The van der Waals surface area contributed by atoms with Gasteiger partial charge in [0.25, 0.3) is 0 Å². The molecule has 4 unspecified atom stereocenters. The Kier molecular flexibility index (Phi) is 2.17. The zero-order valence-electron chi connectivity index (χ0n) is 8.51. The largest absolute Gasteiger partial charge is 0.288 e. The van der Waals surface area contributed by atoms with Gasteiger partial charge in [0.05, 0.1) is 0 Å². The van der Waals surface area contributed by atoms with Crippen LogP contribution in [0.3, 0.4) is 0 Å². The molecular formula is C11H15NO2. The van der Waals surface area contributed by atoms with E-state index in [2.05, 4.69) is 19.1 Å². The predicted molar refractivity (Wildman–Crippen MR) is 52.2 cm³/mol. The van der Waals surface area contributed by atoms with E-state index in [4.69, 9.17) is 0 Å². The standard InChI is InChI=1S/C11H15NO2/c1-7-8-3-4-9(5-8)10(7)11(14)12(2)6-13/h3-4,6-10H,5H2,1-2H3. The number of hydrogen-bond acceptors (Lipinski definition) is 2. The van der Waals surface area contributed by atoms with Crippen molar-refractivity contribution in [2.75, 3.05) is 7.05 Å². The molecule has 14 heavy (non-hydrogen) atoms. The van der Waals surface area contributed by atoms with E-state index in [1.807, 2.05) is 0 Å². The van der Waals surface area contributed by atoms with E-state index in [1.54, 1.807) is 0 Å². The smallest absolute Gasteiger partial charge is 0.232 e. The van der Waals surface area contributed by atoms with Crippen LogP contribution in [0.5, 0.6) is 0 Å². The molecule has 1 fully saturated rings. The topological polar surface area (TPSA) is 37.4 Å². The molecule has 0 spiro atoms. The Morgan fingerprint density at radius 3 is 2.57 bits per heavy atom. The summed E-state index contributed by atoms with van der Waals surface area (Å²) in [6.45, 7) is 2.11. The summed E-state index contributed by atoms with van der Waals surface area (Å²) in [5.74, 6) is 1.31. The van der Waals surface area contributed by atoms with Crippen LogP contribution < -0.4 is 0 Å². The average molecular weight is 193 g/mol. The molecule has 2 rings (SSSR count). The second-order valence-electron chi connectivity index (χ2n) is 4.39. The van der Waals surface area contributed by atoms with Gasteiger partial charge >= 0.3 is 0 Å². The molecule has 1 saturated carbocycles. The van der Waals surface area contributed by atoms with Crippen LogP contribution in [0, 0.1) is 23.7 Å². The van der Waals surface area contributed by atoms with Crippen LogP contribution in [0.15, 0.2) is 12.2 Å². The predicted octanol–water partition coefficient (Wildman–Crippen LogP) is 1.06. The number of imide groups is 1. The van der Waals surface area contributed by atoms with Gasteiger partial charge in [0.1, 0.15) is 0 Å². The second-order valence-corrected chi connectivity index (χ2v) is 4.39. The van der Waals surface area contributed by atoms with Crippen LogP contribution in [0.4, 0.5) is 0 Å². The molecule has 0 radical (unpaired) electrons. The van der Waals surface area contributed by atoms with E-state index in [-0.39, 0.29) is 11.8 Å². The molecule has 0 heterocycles. The second kappa shape index (κ2) is 3.23. The highest BCUT2D eigenvalue weighted by Crippen LogP contribution is 2.48. The van der Waals surface area contributed by atoms with Crippen molar-refractivity contribution >= 4 is 12.3 Å². The lowest BCUT2D eigenvalue weighted by Gasteiger charge is -2.25. The van der Waals surface area contributed by atoms with Crippen LogP contribution >= 0.6 is 0 Å². The molecule has 3 nitrogen and oxygen atoms in total. The lowest BCUT2D eigenvalue weighted by atomic mass is 9.83. The van der Waals surface area contributed by atoms with Crippen LogP contribution in [0.1, 0.15) is 13.3 Å². The molecule has 2 bridgehead atoms. The summed E-state index contributed by atoms with van der Waals surface area (Å²) >= 11 is 0. The fraction of sp³-hybridized carbons (Fsp3) is 0.636. The number of carbonyl (C=O) groups excluding carboxylic acids is 2. The van der Waals surface area contributed by atoms with E-state index in [0.717, 1.165) is 6.42 Å². The van der Waals surface area contributed by atoms with E-state index in [9.17, 15) is 9.59 Å². The maximum absolute atomic E-state index is 11.8. The van der Waals surface area contributed by atoms with E-state index in [0.29, 0.717) is 24.2 Å². The number of amides is 2. The van der Waals surface area contributed by atoms with Crippen LogP contribution in [0.25, 0.3) is 0 Å². The summed E-state index contributed by atoms with van der Waals surface area (Å²) in [6.07, 6.45) is 6.03. The fourth-order valence-electron chi connectivity index (χ4n) is 2.76. The maximum atomic E-state index is 11.8. The Hall–Kier alpha value is -1.12. The Bertz CT molecular complexity index is 298. The average Bonchev–Trinajstić information content (AvgIpc) is 2.75. The highest BCUT2D eigenvalue weighted by molar-refractivity contribution is 5.88. The summed E-state index contributed by atoms with van der Waals surface area (Å²) in [5.41, 5.74) is 0. The van der Waals surface area contributed by atoms with Gasteiger partial charge in [0.2, 0.25) is 12.3 Å². The summed E-state index contributed by atoms with van der Waals surface area (Å²) in [5, 5.41) is 0. The number of rotatable bonds is 2. The molecule has 0 N–H and O–H groups in total. The van der Waals surface area contributed by atoms with E-state index >= 15 is 0 Å². The SMILES string of the molecule is CC1C2C=CC(C2)C1C(=O)N(C)C=O. The zero-order valence-corrected chi connectivity index (χ0v) is 8.51. The normalized spacial score (nSPS) is 38.7. The maximum Gasteiger partial charge on any atom is 0.232 e. The number of allylic oxidation sites excluding steroid dienone is 2. The Balaban J connectivity index is 2.16. The highest BCUT2D eigenvalue weighted by Gasteiger charge is 2.46. The number of carbonyl (C=O) groups is 2. The third-order valence-corrected chi connectivity index (χ3v) is 3.64. The van der Waals surface area contributed by atoms with Gasteiger partial charge in [-0.2, -0.15) is 0 Å². The zero-order chi connectivity index (χ0) is 10.3. The number of nitrogens with zero attached hydrogens (tertiary/aromatic N) is 1. The molecule has 2 aliphatic rings. The first kappa shape index (κ1) is 9.44. The van der Waals surface area contributed by atoms with E-state index < -0.39 is 0 Å². The number of hydrogen-bond donors (Lipinski definition) is 0. The van der Waals surface area contributed by atoms with Gasteiger partial charge in [-0.3, -0.25) is 14.5 Å². The van der Waals surface area contributed by atoms with E-state index in [1.165, 1.54) is 11.9 Å². The van der Waals surface area contributed by atoms with Gasteiger partial charge in [-0.25, -0.2) is 0 Å². The molecule has 0 aliphatic heterocycles. The van der Waals surface area contributed by atoms with Crippen LogP contribution in [0.2, 0.25) is 0 Å². The molecule has 0 saturated heterocycles. The highest BCUT2D eigenvalue weighted by atomic mass is 16.2. The Morgan fingerprint density at radius 1 is 1.43 bits per heavy atom. The molecule has 0 aromatic rings. The summed E-state index contributed by atoms with van der Waals surface area (Å²) < 4.78 is 0. The van der Waals surface area contributed by atoms with Gasteiger partial charge < -0.3 is 0 Å². The molecule has 3 heteroatoms. The summed E-state index contributed by atoms with van der Waals surface area (Å²) in [7, 11) is 1.54. The quantitative estimate of drug-likeness (QED) is 0.485. The molecule has 0 aromatic heterocycles. The molecule has 2 aliphatic carbocycles. The van der Waals surface area contributed by atoms with Crippen molar-refractivity contribution < 1.29 is 9.59 Å². The van der Waals surface area contributed by atoms with Crippen molar-refractivity contribution in [1.82, 2.24) is 4.90 Å². The summed E-state index contributed by atoms with van der Waals surface area (Å²) in [6, 6.07) is 0. The Morgan fingerprint density at radius 2 is 2.07 bits per heavy atom. The van der Waals surface area contributed by atoms with Gasteiger partial charge in [-0.1, -0.05) is 19.1 Å². The lowest BCUT2D eigenvalue weighted by Crippen LogP contribution is -2.37. The molecular weight excluding hydrogens is 178 g/mol. The summed E-state index contributed by atoms with van der Waals surface area (Å²) in [4.78, 5) is 23.5. The van der Waals surface area contributed by atoms with Crippen LogP contribution in [-0.4, -0.2) is 24.3 Å². The minimum atomic E-state index is -0.0237. The monoisotopic (exact) mass is 193 g/mol. The first-order chi connectivity index (χ1) is 6.65. The first-order valence-corrected chi connectivity index (χ1v) is 5.05. The van der Waals surface area contributed by atoms with Crippen molar-refractivity contribution in [3.8, 4) is 0 Å². The van der Waals surface area contributed by atoms with Gasteiger partial charge in [-0.15, -0.1) is 0 Å². The molecule has 76 valence electrons. The van der Waals surface area contributed by atoms with Crippen molar-refractivity contribution in [2.45, 2.75) is 13.3 Å². The molecule has 4 atom stereocenters. The Labute approximate surface area is 83.8 Å². The van der Waals surface area contributed by atoms with Crippen molar-refractivity contribution in [3.63, 3.8) is 0 Å².